The molecular weight excluding hydrogens is 301 g/mol. The van der Waals surface area contributed by atoms with E-state index in [9.17, 15) is 14.0 Å². The maximum atomic E-state index is 13.9. The van der Waals surface area contributed by atoms with Gasteiger partial charge in [-0.3, -0.25) is 9.88 Å². The van der Waals surface area contributed by atoms with Crippen molar-refractivity contribution in [2.45, 2.75) is 44.7 Å². The molecule has 5 atom stereocenters. The summed E-state index contributed by atoms with van der Waals surface area (Å²) in [6.07, 6.45) is -3.30. The summed E-state index contributed by atoms with van der Waals surface area (Å²) in [6.45, 7) is 3.47. The smallest absolute Gasteiger partial charge is 0.410 e. The summed E-state index contributed by atoms with van der Waals surface area (Å²) in [5.41, 5.74) is -0.855. The third-order valence-corrected chi connectivity index (χ3v) is 3.53. The minimum Gasteiger partial charge on any atom is -0.465 e. The highest BCUT2D eigenvalue weighted by atomic mass is 19.1. The zero-order chi connectivity index (χ0) is 16.0. The molecule has 0 bridgehead atoms. The molecule has 1 aromatic rings. The molecule has 0 saturated carbocycles. The van der Waals surface area contributed by atoms with Crippen molar-refractivity contribution < 1.29 is 28.5 Å². The summed E-state index contributed by atoms with van der Waals surface area (Å²) in [5, 5.41) is 10.3. The number of carbonyl (C=O) groups is 1. The maximum absolute atomic E-state index is 13.9. The van der Waals surface area contributed by atoms with Gasteiger partial charge < -0.3 is 19.3 Å². The van der Waals surface area contributed by atoms with E-state index in [1.807, 2.05) is 0 Å². The van der Waals surface area contributed by atoms with Crippen LogP contribution in [0.1, 0.15) is 20.1 Å². The van der Waals surface area contributed by atoms with E-state index in [1.54, 1.807) is 19.2 Å². The van der Waals surface area contributed by atoms with Crippen LogP contribution in [0.4, 0.5) is 15.0 Å². The van der Waals surface area contributed by atoms with Crippen molar-refractivity contribution in [3.8, 4) is 0 Å². The van der Waals surface area contributed by atoms with Gasteiger partial charge in [0.05, 0.1) is 12.3 Å². The Hall–Kier alpha value is -2.04. The molecule has 9 nitrogen and oxygen atoms in total. The molecule has 3 heterocycles. The Kier molecular flexibility index (Phi) is 3.59. The van der Waals surface area contributed by atoms with Gasteiger partial charge >= 0.3 is 11.8 Å². The molecule has 2 aliphatic heterocycles. The van der Waals surface area contributed by atoms with Gasteiger partial charge in [-0.15, -0.1) is 0 Å². The van der Waals surface area contributed by atoms with Gasteiger partial charge in [-0.25, -0.2) is 14.0 Å². The third kappa shape index (κ3) is 2.45. The van der Waals surface area contributed by atoms with Gasteiger partial charge in [-0.05, 0) is 13.8 Å². The van der Waals surface area contributed by atoms with Crippen LogP contribution in [0.5, 0.6) is 0 Å². The number of aromatic nitrogens is 2. The molecule has 0 aliphatic carbocycles. The second-order valence-electron chi connectivity index (χ2n) is 5.06. The normalized spacial score (nSPS) is 33.7. The molecule has 0 radical (unpaired) electrons. The predicted molar refractivity (Wildman–Crippen MR) is 68.9 cm³/mol. The van der Waals surface area contributed by atoms with E-state index in [2.05, 4.69) is 4.98 Å². The number of rotatable bonds is 2. The Balaban J connectivity index is 1.94. The summed E-state index contributed by atoms with van der Waals surface area (Å²) in [6, 6.07) is 0. The van der Waals surface area contributed by atoms with E-state index in [4.69, 9.17) is 19.3 Å². The molecule has 0 spiro atoms. The second kappa shape index (κ2) is 5.30. The van der Waals surface area contributed by atoms with Crippen molar-refractivity contribution >= 4 is 11.9 Å². The van der Waals surface area contributed by atoms with Gasteiger partial charge in [0.15, 0.2) is 24.2 Å². The van der Waals surface area contributed by atoms with E-state index in [0.717, 1.165) is 10.8 Å². The first kappa shape index (κ1) is 14.9. The fraction of sp³-hybridized carbons (Fsp3) is 0.583. The number of fused-ring (bicyclic) bond motifs is 1. The fourth-order valence-electron chi connectivity index (χ4n) is 2.65. The summed E-state index contributed by atoms with van der Waals surface area (Å²) in [4.78, 5) is 25.9. The minimum atomic E-state index is -1.52. The Morgan fingerprint density at radius 3 is 2.73 bits per heavy atom. The summed E-state index contributed by atoms with van der Waals surface area (Å²) in [5.74, 6) is -1.65. The number of anilines is 1. The largest absolute Gasteiger partial charge is 0.465 e. The number of hydrogen-bond donors (Lipinski definition) is 2. The molecule has 120 valence electrons. The lowest BCUT2D eigenvalue weighted by Gasteiger charge is -2.19. The average molecular weight is 315 g/mol. The first-order valence-electron chi connectivity index (χ1n) is 6.62. The van der Waals surface area contributed by atoms with Crippen LogP contribution < -0.4 is 11.0 Å². The quantitative estimate of drug-likeness (QED) is 0.818. The highest BCUT2D eigenvalue weighted by Gasteiger charge is 2.51. The molecule has 22 heavy (non-hydrogen) atoms. The van der Waals surface area contributed by atoms with Gasteiger partial charge in [-0.2, -0.15) is 4.98 Å². The van der Waals surface area contributed by atoms with Crippen LogP contribution in [0.25, 0.3) is 0 Å². The van der Waals surface area contributed by atoms with E-state index in [-0.39, 0.29) is 12.2 Å². The zero-order valence-electron chi connectivity index (χ0n) is 11.7. The Labute approximate surface area is 123 Å². The highest BCUT2D eigenvalue weighted by Crippen LogP contribution is 2.38. The molecule has 0 aromatic carbocycles. The summed E-state index contributed by atoms with van der Waals surface area (Å²) in [7, 11) is 0. The summed E-state index contributed by atoms with van der Waals surface area (Å²) < 4.78 is 31.5. The number of nitrogens with one attached hydrogen (secondary N) is 1. The molecule has 2 fully saturated rings. The zero-order valence-corrected chi connectivity index (χ0v) is 11.7. The monoisotopic (exact) mass is 315 g/mol. The lowest BCUT2D eigenvalue weighted by Crippen LogP contribution is -2.35. The van der Waals surface area contributed by atoms with E-state index in [1.165, 1.54) is 0 Å². The summed E-state index contributed by atoms with van der Waals surface area (Å²) >= 11 is 0. The van der Waals surface area contributed by atoms with Gasteiger partial charge in [0.25, 0.3) is 0 Å². The maximum Gasteiger partial charge on any atom is 0.410 e. The molecule has 1 unspecified atom stereocenters. The Morgan fingerprint density at radius 1 is 1.36 bits per heavy atom. The van der Waals surface area contributed by atoms with Crippen LogP contribution >= 0.6 is 0 Å². The van der Waals surface area contributed by atoms with E-state index >= 15 is 0 Å². The lowest BCUT2D eigenvalue weighted by molar-refractivity contribution is -0.135. The minimum absolute atomic E-state index is 0.341. The van der Waals surface area contributed by atoms with E-state index < -0.39 is 42.0 Å². The first-order valence-corrected chi connectivity index (χ1v) is 6.62. The molecule has 2 N–H and O–H groups in total. The van der Waals surface area contributed by atoms with Crippen molar-refractivity contribution in [1.82, 2.24) is 9.55 Å². The van der Waals surface area contributed by atoms with Crippen molar-refractivity contribution in [3.63, 3.8) is 0 Å². The van der Waals surface area contributed by atoms with Crippen LogP contribution in [0.3, 0.4) is 0 Å². The number of carboxylic acid groups (broad SMARTS) is 1. The fourth-order valence-corrected chi connectivity index (χ4v) is 2.65. The van der Waals surface area contributed by atoms with Crippen LogP contribution in [-0.4, -0.2) is 45.4 Å². The van der Waals surface area contributed by atoms with Crippen LogP contribution in [-0.2, 0) is 14.2 Å². The molecular formula is C12H14FN3O6. The Morgan fingerprint density at radius 2 is 2.05 bits per heavy atom. The third-order valence-electron chi connectivity index (χ3n) is 3.53. The second-order valence-corrected chi connectivity index (χ2v) is 5.06. The van der Waals surface area contributed by atoms with Gasteiger partial charge in [-0.1, -0.05) is 0 Å². The van der Waals surface area contributed by atoms with Crippen LogP contribution in [0.15, 0.2) is 11.0 Å². The van der Waals surface area contributed by atoms with Crippen LogP contribution in [0, 0.1) is 5.82 Å². The van der Waals surface area contributed by atoms with Gasteiger partial charge in [0, 0.05) is 0 Å². The number of halogens is 1. The molecule has 2 saturated heterocycles. The Bertz CT molecular complexity index is 665. The predicted octanol–water partition coefficient (Wildman–Crippen LogP) is 0.520. The van der Waals surface area contributed by atoms with Crippen molar-refractivity contribution in [2.75, 3.05) is 5.32 Å². The molecule has 3 rings (SSSR count). The van der Waals surface area contributed by atoms with Gasteiger partial charge in [0.2, 0.25) is 0 Å². The van der Waals surface area contributed by atoms with Crippen LogP contribution in [0.2, 0.25) is 0 Å². The number of hydrogen-bond acceptors (Lipinski definition) is 6. The van der Waals surface area contributed by atoms with Crippen molar-refractivity contribution in [2.24, 2.45) is 0 Å². The lowest BCUT2D eigenvalue weighted by atomic mass is 10.1. The van der Waals surface area contributed by atoms with Gasteiger partial charge in [0.1, 0.15) is 12.2 Å². The molecule has 10 heteroatoms. The molecule has 1 amide bonds. The molecule has 2 aliphatic rings. The first-order chi connectivity index (χ1) is 10.4. The number of amides is 1. The average Bonchev–Trinajstić information content (AvgIpc) is 2.93. The highest BCUT2D eigenvalue weighted by molar-refractivity contribution is 5.81. The topological polar surface area (TPSA) is 112 Å². The van der Waals surface area contributed by atoms with Crippen molar-refractivity contribution in [1.29, 1.82) is 0 Å². The standard InChI is InChI=1S/C12H14FN3O6/c1-4-7-8(22-5(2)21-7)10(20-4)16-3-6(13)9(14-11(16)17)15-12(18)19/h3-5,7-8,10H,1-2H3,(H,18,19)(H,14,15,17)/t4-,5?,7-,8-,10-/m1/s1. The number of ether oxygens (including phenoxy) is 3. The van der Waals surface area contributed by atoms with Crippen molar-refractivity contribution in [3.05, 3.63) is 22.5 Å². The van der Waals surface area contributed by atoms with E-state index in [0.29, 0.717) is 0 Å². The number of nitrogens with zero attached hydrogens (tertiary/aromatic N) is 2. The molecule has 1 aromatic heterocycles. The SMILES string of the molecule is CC1O[C@@H]2[C@H](O1)[C@@H](C)O[C@H]2n1cc(F)c(NC(=O)O)nc1=O.